The van der Waals surface area contributed by atoms with Crippen LogP contribution in [0.1, 0.15) is 22.9 Å². The molecule has 0 bridgehead atoms. The van der Waals surface area contributed by atoms with Crippen molar-refractivity contribution in [3.8, 4) is 5.75 Å². The molecule has 3 aromatic rings. The Balaban J connectivity index is 1.96. The van der Waals surface area contributed by atoms with Gasteiger partial charge in [0.05, 0.1) is 29.0 Å². The van der Waals surface area contributed by atoms with Crippen LogP contribution in [-0.2, 0) is 9.59 Å². The van der Waals surface area contributed by atoms with E-state index in [1.54, 1.807) is 37.3 Å². The molecular formula is C23H16Cl3NO5. The second-order valence-electron chi connectivity index (χ2n) is 7.04. The topological polar surface area (TPSA) is 80.0 Å². The number of ether oxygens (including phenoxy) is 1. The lowest BCUT2D eigenvalue weighted by Crippen LogP contribution is -2.30. The Hall–Kier alpha value is -2.93. The molecule has 9 heteroatoms. The van der Waals surface area contributed by atoms with Gasteiger partial charge in [0.2, 0.25) is 0 Å². The van der Waals surface area contributed by atoms with Crippen LogP contribution in [0.5, 0.6) is 5.75 Å². The number of furan rings is 1. The molecular weight excluding hydrogens is 477 g/mol. The van der Waals surface area contributed by atoms with E-state index < -0.39 is 23.5 Å². The molecule has 1 saturated heterocycles. The quantitative estimate of drug-likeness (QED) is 0.267. The lowest BCUT2D eigenvalue weighted by molar-refractivity contribution is -0.132. The highest BCUT2D eigenvalue weighted by Crippen LogP contribution is 2.45. The van der Waals surface area contributed by atoms with Gasteiger partial charge in [0, 0.05) is 16.3 Å². The van der Waals surface area contributed by atoms with Gasteiger partial charge in [-0.2, -0.15) is 0 Å². The van der Waals surface area contributed by atoms with Crippen LogP contribution in [0, 0.1) is 6.92 Å². The number of nitrogens with zero attached hydrogens (tertiary/aromatic N) is 1. The van der Waals surface area contributed by atoms with E-state index in [1.165, 1.54) is 30.4 Å². The van der Waals surface area contributed by atoms with Crippen LogP contribution in [0.25, 0.3) is 5.76 Å². The van der Waals surface area contributed by atoms with Crippen LogP contribution >= 0.6 is 34.8 Å². The van der Waals surface area contributed by atoms with Crippen molar-refractivity contribution in [2.24, 2.45) is 0 Å². The van der Waals surface area contributed by atoms with Crippen LogP contribution in [0.15, 0.2) is 58.7 Å². The third-order valence-corrected chi connectivity index (χ3v) is 6.20. The molecule has 2 heterocycles. The Kier molecular flexibility index (Phi) is 5.95. The van der Waals surface area contributed by atoms with Gasteiger partial charge in [-0.1, -0.05) is 40.9 Å². The molecule has 1 fully saturated rings. The first-order valence-electron chi connectivity index (χ1n) is 9.39. The summed E-state index contributed by atoms with van der Waals surface area (Å²) in [6.07, 6.45) is 1.42. The summed E-state index contributed by atoms with van der Waals surface area (Å²) in [4.78, 5) is 27.5. The second kappa shape index (κ2) is 8.54. The molecule has 1 atom stereocenters. The molecule has 1 amide bonds. The van der Waals surface area contributed by atoms with Crippen LogP contribution < -0.4 is 9.64 Å². The zero-order valence-corrected chi connectivity index (χ0v) is 19.1. The lowest BCUT2D eigenvalue weighted by atomic mass is 9.99. The standard InChI is InChI=1S/C23H16Cl3NO5/c1-11-13(24)5-3-6-16(11)27-19(17-7-4-8-32-17)18(21(29)23(27)30)20(28)12-9-14(25)22(31-2)15(26)10-12/h3-10,19,28H,1-2H3/b20-18-. The van der Waals surface area contributed by atoms with Crippen LogP contribution in [0.3, 0.4) is 0 Å². The van der Waals surface area contributed by atoms with E-state index in [1.807, 2.05) is 0 Å². The molecule has 0 spiro atoms. The Bertz CT molecular complexity index is 1240. The summed E-state index contributed by atoms with van der Waals surface area (Å²) in [5.41, 5.74) is 1.01. The van der Waals surface area contributed by atoms with Gasteiger partial charge in [-0.15, -0.1) is 0 Å². The van der Waals surface area contributed by atoms with Crippen molar-refractivity contribution in [2.75, 3.05) is 12.0 Å². The van der Waals surface area contributed by atoms with E-state index in [-0.39, 0.29) is 32.7 Å². The first kappa shape index (κ1) is 22.3. The number of aliphatic hydroxyl groups is 1. The minimum atomic E-state index is -1.03. The van der Waals surface area contributed by atoms with Crippen molar-refractivity contribution in [2.45, 2.75) is 13.0 Å². The summed E-state index contributed by atoms with van der Waals surface area (Å²) < 4.78 is 10.7. The molecule has 1 aromatic heterocycles. The van der Waals surface area contributed by atoms with Crippen LogP contribution in [0.2, 0.25) is 15.1 Å². The maximum atomic E-state index is 13.1. The molecule has 0 saturated carbocycles. The zero-order valence-electron chi connectivity index (χ0n) is 16.9. The van der Waals surface area contributed by atoms with Gasteiger partial charge in [0.1, 0.15) is 17.6 Å². The lowest BCUT2D eigenvalue weighted by Gasteiger charge is -2.25. The summed E-state index contributed by atoms with van der Waals surface area (Å²) in [5.74, 6) is -1.65. The van der Waals surface area contributed by atoms with E-state index in [9.17, 15) is 14.7 Å². The van der Waals surface area contributed by atoms with E-state index >= 15 is 0 Å². The van der Waals surface area contributed by atoms with Gasteiger partial charge in [-0.3, -0.25) is 14.5 Å². The number of ketones is 1. The zero-order chi connectivity index (χ0) is 23.2. The summed E-state index contributed by atoms with van der Waals surface area (Å²) in [6, 6.07) is 10.0. The third-order valence-electron chi connectivity index (χ3n) is 5.23. The third kappa shape index (κ3) is 3.54. The van der Waals surface area contributed by atoms with Gasteiger partial charge in [-0.25, -0.2) is 0 Å². The van der Waals surface area contributed by atoms with Crippen molar-refractivity contribution in [3.63, 3.8) is 0 Å². The Morgan fingerprint density at radius 3 is 2.34 bits per heavy atom. The SMILES string of the molecule is COc1c(Cl)cc(/C(O)=C2/C(=O)C(=O)N(c3cccc(Cl)c3C)C2c2ccco2)cc1Cl. The molecule has 1 aliphatic heterocycles. The van der Waals surface area contributed by atoms with Crippen LogP contribution in [0.4, 0.5) is 5.69 Å². The van der Waals surface area contributed by atoms with Gasteiger partial charge >= 0.3 is 0 Å². The number of amides is 1. The number of hydrogen-bond donors (Lipinski definition) is 1. The number of carbonyl (C=O) groups excluding carboxylic acids is 2. The average Bonchev–Trinajstić information content (AvgIpc) is 3.37. The Labute approximate surface area is 198 Å². The first-order chi connectivity index (χ1) is 15.3. The minimum absolute atomic E-state index is 0.135. The fourth-order valence-electron chi connectivity index (χ4n) is 3.70. The highest BCUT2D eigenvalue weighted by molar-refractivity contribution is 6.52. The predicted octanol–water partition coefficient (Wildman–Crippen LogP) is 6.18. The van der Waals surface area contributed by atoms with Gasteiger partial charge in [-0.05, 0) is 48.9 Å². The van der Waals surface area contributed by atoms with Crippen molar-refractivity contribution in [3.05, 3.63) is 86.3 Å². The summed E-state index contributed by atoms with van der Waals surface area (Å²) in [7, 11) is 1.41. The van der Waals surface area contributed by atoms with Crippen molar-refractivity contribution >= 4 is 57.9 Å². The molecule has 2 aromatic carbocycles. The van der Waals surface area contributed by atoms with E-state index in [0.29, 0.717) is 16.3 Å². The smallest absolute Gasteiger partial charge is 0.300 e. The largest absolute Gasteiger partial charge is 0.507 e. The number of Topliss-reactive ketones (excluding diaryl/α,β-unsaturated/α-hetero) is 1. The van der Waals surface area contributed by atoms with Crippen molar-refractivity contribution in [1.29, 1.82) is 0 Å². The second-order valence-corrected chi connectivity index (χ2v) is 8.26. The number of anilines is 1. The number of halogens is 3. The molecule has 0 aliphatic carbocycles. The molecule has 1 N–H and O–H groups in total. The van der Waals surface area contributed by atoms with Crippen molar-refractivity contribution < 1.29 is 23.8 Å². The number of benzene rings is 2. The Morgan fingerprint density at radius 2 is 1.75 bits per heavy atom. The fraction of sp³-hybridized carbons (Fsp3) is 0.130. The monoisotopic (exact) mass is 491 g/mol. The normalized spacial score (nSPS) is 17.8. The maximum Gasteiger partial charge on any atom is 0.300 e. The van der Waals surface area contributed by atoms with Gasteiger partial charge < -0.3 is 14.3 Å². The molecule has 1 aliphatic rings. The highest BCUT2D eigenvalue weighted by Gasteiger charge is 2.48. The average molecular weight is 493 g/mol. The fourth-order valence-corrected chi connectivity index (χ4v) is 4.51. The molecule has 6 nitrogen and oxygen atoms in total. The first-order valence-corrected chi connectivity index (χ1v) is 10.5. The number of aliphatic hydroxyl groups excluding tert-OH is 1. The number of carbonyl (C=O) groups is 2. The Morgan fingerprint density at radius 1 is 1.06 bits per heavy atom. The molecule has 32 heavy (non-hydrogen) atoms. The molecule has 4 rings (SSSR count). The molecule has 0 radical (unpaired) electrons. The van der Waals surface area contributed by atoms with Crippen molar-refractivity contribution in [1.82, 2.24) is 0 Å². The predicted molar refractivity (Wildman–Crippen MR) is 123 cm³/mol. The number of methoxy groups -OCH3 is 1. The van der Waals surface area contributed by atoms with E-state index in [2.05, 4.69) is 0 Å². The van der Waals surface area contributed by atoms with E-state index in [0.717, 1.165) is 0 Å². The molecule has 164 valence electrons. The number of hydrogen-bond acceptors (Lipinski definition) is 5. The van der Waals surface area contributed by atoms with Crippen LogP contribution in [-0.4, -0.2) is 23.9 Å². The minimum Gasteiger partial charge on any atom is -0.507 e. The maximum absolute atomic E-state index is 13.1. The summed E-state index contributed by atoms with van der Waals surface area (Å²) in [6.45, 7) is 1.74. The summed E-state index contributed by atoms with van der Waals surface area (Å²) in [5, 5.41) is 11.8. The van der Waals surface area contributed by atoms with Gasteiger partial charge in [0.15, 0.2) is 5.75 Å². The van der Waals surface area contributed by atoms with E-state index in [4.69, 9.17) is 44.0 Å². The summed E-state index contributed by atoms with van der Waals surface area (Å²) >= 11 is 18.7. The highest BCUT2D eigenvalue weighted by atomic mass is 35.5. The van der Waals surface area contributed by atoms with Gasteiger partial charge in [0.25, 0.3) is 11.7 Å². The number of rotatable bonds is 4. The molecule has 1 unspecified atom stereocenters.